The van der Waals surface area contributed by atoms with Gasteiger partial charge in [-0.15, -0.1) is 0 Å². The Morgan fingerprint density at radius 3 is 1.77 bits per heavy atom. The van der Waals surface area contributed by atoms with Crippen LogP contribution in [-0.4, -0.2) is 5.71 Å². The lowest BCUT2D eigenvalue weighted by Gasteiger charge is -2.24. The molecule has 0 N–H and O–H groups in total. The Hall–Kier alpha value is -2.00. The van der Waals surface area contributed by atoms with Crippen LogP contribution < -0.4 is 5.01 Å². The Bertz CT molecular complexity index is 933. The van der Waals surface area contributed by atoms with Gasteiger partial charge >= 0.3 is 0 Å². The zero-order chi connectivity index (χ0) is 18.1. The number of benzene rings is 3. The molecule has 1 aliphatic heterocycles. The van der Waals surface area contributed by atoms with E-state index in [2.05, 4.69) is 12.1 Å². The molecule has 0 fully saturated rings. The monoisotopic (exact) mass is 400 g/mol. The number of nitrogens with zero attached hydrogens (tertiary/aromatic N) is 2. The van der Waals surface area contributed by atoms with Crippen molar-refractivity contribution in [2.75, 3.05) is 5.01 Å². The molecule has 3 aromatic rings. The van der Waals surface area contributed by atoms with Crippen molar-refractivity contribution >= 4 is 46.2 Å². The summed E-state index contributed by atoms with van der Waals surface area (Å²) in [6.07, 6.45) is 0.798. The molecule has 4 rings (SSSR count). The normalized spacial score (nSPS) is 16.7. The molecule has 3 aromatic carbocycles. The number of halogens is 3. The van der Waals surface area contributed by atoms with Crippen molar-refractivity contribution in [3.63, 3.8) is 0 Å². The van der Waals surface area contributed by atoms with E-state index in [1.807, 2.05) is 65.7 Å². The van der Waals surface area contributed by atoms with Crippen LogP contribution in [0.3, 0.4) is 0 Å². The molecule has 130 valence electrons. The van der Waals surface area contributed by atoms with Crippen LogP contribution in [0.2, 0.25) is 15.1 Å². The minimum atomic E-state index is 0.0964. The van der Waals surface area contributed by atoms with Gasteiger partial charge in [-0.2, -0.15) is 5.10 Å². The minimum Gasteiger partial charge on any atom is -0.257 e. The van der Waals surface area contributed by atoms with E-state index in [4.69, 9.17) is 39.9 Å². The number of rotatable bonds is 3. The molecule has 0 amide bonds. The maximum Gasteiger partial charge on any atom is 0.0831 e. The van der Waals surface area contributed by atoms with Crippen LogP contribution in [0.1, 0.15) is 23.6 Å². The van der Waals surface area contributed by atoms with Crippen LogP contribution >= 0.6 is 34.8 Å². The Morgan fingerprint density at radius 2 is 1.19 bits per heavy atom. The van der Waals surface area contributed by atoms with Crippen molar-refractivity contribution in [3.05, 3.63) is 99.0 Å². The van der Waals surface area contributed by atoms with E-state index in [9.17, 15) is 0 Å². The van der Waals surface area contributed by atoms with E-state index >= 15 is 0 Å². The fourth-order valence-corrected chi connectivity index (χ4v) is 3.48. The first-order chi connectivity index (χ1) is 12.6. The average Bonchev–Trinajstić information content (AvgIpc) is 3.09. The lowest BCUT2D eigenvalue weighted by molar-refractivity contribution is 0.709. The maximum absolute atomic E-state index is 6.06. The summed E-state index contributed by atoms with van der Waals surface area (Å²) in [5.74, 6) is 0. The standard InChI is InChI=1S/C21H15Cl3N2/c22-16-5-1-14(2-6-16)20-13-21(15-3-7-17(23)8-4-15)26(25-20)19-11-9-18(24)10-12-19/h1-12,21H,13H2/t21-/m1/s1. The van der Waals surface area contributed by atoms with Gasteiger partial charge in [0.1, 0.15) is 0 Å². The highest BCUT2D eigenvalue weighted by Crippen LogP contribution is 2.37. The van der Waals surface area contributed by atoms with Crippen molar-refractivity contribution in [2.45, 2.75) is 12.5 Å². The Kier molecular flexibility index (Phi) is 4.90. The van der Waals surface area contributed by atoms with Crippen molar-refractivity contribution < 1.29 is 0 Å². The summed E-state index contributed by atoms with van der Waals surface area (Å²) in [4.78, 5) is 0. The summed E-state index contributed by atoms with van der Waals surface area (Å²) in [5, 5.41) is 9.09. The van der Waals surface area contributed by atoms with E-state index in [0.717, 1.165) is 39.0 Å². The predicted molar refractivity (Wildman–Crippen MR) is 111 cm³/mol. The average molecular weight is 402 g/mol. The third-order valence-corrected chi connectivity index (χ3v) is 5.19. The second-order valence-corrected chi connectivity index (χ2v) is 7.46. The minimum absolute atomic E-state index is 0.0964. The van der Waals surface area contributed by atoms with Gasteiger partial charge in [0.2, 0.25) is 0 Å². The molecule has 26 heavy (non-hydrogen) atoms. The molecule has 1 atom stereocenters. The van der Waals surface area contributed by atoms with Gasteiger partial charge in [0.25, 0.3) is 0 Å². The Balaban J connectivity index is 1.74. The first-order valence-corrected chi connectivity index (χ1v) is 9.37. The summed E-state index contributed by atoms with van der Waals surface area (Å²) in [6.45, 7) is 0. The largest absolute Gasteiger partial charge is 0.257 e. The van der Waals surface area contributed by atoms with Gasteiger partial charge in [-0.25, -0.2) is 0 Å². The first kappa shape index (κ1) is 17.4. The molecule has 0 bridgehead atoms. The second kappa shape index (κ2) is 7.32. The van der Waals surface area contributed by atoms with E-state index in [1.165, 1.54) is 0 Å². The quantitative estimate of drug-likeness (QED) is 0.461. The molecule has 1 heterocycles. The molecule has 0 aromatic heterocycles. The van der Waals surface area contributed by atoms with Crippen LogP contribution in [0.4, 0.5) is 5.69 Å². The van der Waals surface area contributed by atoms with Crippen molar-refractivity contribution in [1.29, 1.82) is 0 Å². The summed E-state index contributed by atoms with van der Waals surface area (Å²) < 4.78 is 0. The van der Waals surface area contributed by atoms with Gasteiger partial charge in [-0.1, -0.05) is 59.1 Å². The van der Waals surface area contributed by atoms with Gasteiger partial charge < -0.3 is 0 Å². The van der Waals surface area contributed by atoms with Crippen LogP contribution in [0.25, 0.3) is 0 Å². The van der Waals surface area contributed by atoms with Gasteiger partial charge in [-0.05, 0) is 59.7 Å². The van der Waals surface area contributed by atoms with E-state index < -0.39 is 0 Å². The number of hydrogen-bond acceptors (Lipinski definition) is 2. The van der Waals surface area contributed by atoms with Gasteiger partial charge in [0.15, 0.2) is 0 Å². The first-order valence-electron chi connectivity index (χ1n) is 8.24. The molecule has 1 aliphatic rings. The van der Waals surface area contributed by atoms with Crippen LogP contribution in [0, 0.1) is 0 Å². The molecular weight excluding hydrogens is 387 g/mol. The molecular formula is C21H15Cl3N2. The van der Waals surface area contributed by atoms with Crippen LogP contribution in [0.15, 0.2) is 77.9 Å². The number of hydrogen-bond donors (Lipinski definition) is 0. The van der Waals surface area contributed by atoms with Gasteiger partial charge in [-0.3, -0.25) is 5.01 Å². The van der Waals surface area contributed by atoms with E-state index in [0.29, 0.717) is 5.02 Å². The van der Waals surface area contributed by atoms with E-state index in [1.54, 1.807) is 0 Å². The third kappa shape index (κ3) is 3.59. The highest BCUT2D eigenvalue weighted by atomic mass is 35.5. The predicted octanol–water partition coefficient (Wildman–Crippen LogP) is 7.00. The number of hydrazone groups is 1. The molecule has 2 nitrogen and oxygen atoms in total. The summed E-state index contributed by atoms with van der Waals surface area (Å²) in [5.41, 5.74) is 4.26. The SMILES string of the molecule is Clc1ccc(C2=NN(c3ccc(Cl)cc3)[C@@H](c3ccc(Cl)cc3)C2)cc1. The van der Waals surface area contributed by atoms with Crippen molar-refractivity contribution in [2.24, 2.45) is 5.10 Å². The lowest BCUT2D eigenvalue weighted by Crippen LogP contribution is -2.18. The molecule has 0 radical (unpaired) electrons. The van der Waals surface area contributed by atoms with Crippen LogP contribution in [-0.2, 0) is 0 Å². The zero-order valence-electron chi connectivity index (χ0n) is 13.7. The molecule has 0 spiro atoms. The van der Waals surface area contributed by atoms with Crippen molar-refractivity contribution in [3.8, 4) is 0 Å². The number of anilines is 1. The van der Waals surface area contributed by atoms with Gasteiger partial charge in [0, 0.05) is 21.5 Å². The third-order valence-electron chi connectivity index (χ3n) is 4.43. The summed E-state index contributed by atoms with van der Waals surface area (Å²) in [6, 6.07) is 23.6. The fourth-order valence-electron chi connectivity index (χ4n) is 3.10. The van der Waals surface area contributed by atoms with Crippen molar-refractivity contribution in [1.82, 2.24) is 0 Å². The summed E-state index contributed by atoms with van der Waals surface area (Å²) >= 11 is 18.1. The molecule has 5 heteroatoms. The smallest absolute Gasteiger partial charge is 0.0831 e. The zero-order valence-corrected chi connectivity index (χ0v) is 16.0. The highest BCUT2D eigenvalue weighted by Gasteiger charge is 2.29. The second-order valence-electron chi connectivity index (χ2n) is 6.15. The summed E-state index contributed by atoms with van der Waals surface area (Å²) in [7, 11) is 0. The Labute approximate surface area is 167 Å². The molecule has 0 saturated carbocycles. The highest BCUT2D eigenvalue weighted by molar-refractivity contribution is 6.31. The fraction of sp³-hybridized carbons (Fsp3) is 0.0952. The van der Waals surface area contributed by atoms with Gasteiger partial charge in [0.05, 0.1) is 17.4 Å². The Morgan fingerprint density at radius 1 is 0.692 bits per heavy atom. The van der Waals surface area contributed by atoms with Crippen LogP contribution in [0.5, 0.6) is 0 Å². The van der Waals surface area contributed by atoms with E-state index in [-0.39, 0.29) is 6.04 Å². The maximum atomic E-state index is 6.06. The topological polar surface area (TPSA) is 15.6 Å². The lowest BCUT2D eigenvalue weighted by atomic mass is 9.98. The molecule has 0 aliphatic carbocycles. The molecule has 0 saturated heterocycles. The molecule has 0 unspecified atom stereocenters.